The summed E-state index contributed by atoms with van der Waals surface area (Å²) in [4.78, 5) is 3.85. The summed E-state index contributed by atoms with van der Waals surface area (Å²) < 4.78 is 0. The maximum Gasteiger partial charge on any atom is 0.0233 e. The highest BCUT2D eigenvalue weighted by atomic mass is 32.2. The average Bonchev–Trinajstić information content (AvgIpc) is 2.48. The summed E-state index contributed by atoms with van der Waals surface area (Å²) >= 11 is 1.93. The zero-order valence-electron chi connectivity index (χ0n) is 11.5. The van der Waals surface area contributed by atoms with Crippen molar-refractivity contribution < 1.29 is 0 Å². The molecule has 1 nitrogen and oxygen atoms in total. The summed E-state index contributed by atoms with van der Waals surface area (Å²) in [6, 6.07) is 21.3. The van der Waals surface area contributed by atoms with Gasteiger partial charge in [-0.05, 0) is 24.2 Å². The number of hydrogen-bond acceptors (Lipinski definition) is 2. The van der Waals surface area contributed by atoms with Crippen molar-refractivity contribution in [3.05, 3.63) is 66.2 Å². The molecule has 2 aromatic rings. The van der Waals surface area contributed by atoms with E-state index in [1.54, 1.807) is 0 Å². The molecule has 0 spiro atoms. The Morgan fingerprint density at radius 1 is 0.895 bits per heavy atom. The summed E-state index contributed by atoms with van der Waals surface area (Å²) in [5.41, 5.74) is 1.40. The van der Waals surface area contributed by atoms with E-state index in [4.69, 9.17) is 0 Å². The van der Waals surface area contributed by atoms with Crippen LogP contribution >= 0.6 is 11.8 Å². The SMILES string of the molecule is CCN(CCSc1ccccc1)Cc1ccccc1. The third kappa shape index (κ3) is 5.09. The van der Waals surface area contributed by atoms with Gasteiger partial charge in [0.25, 0.3) is 0 Å². The lowest BCUT2D eigenvalue weighted by Gasteiger charge is -2.20. The third-order valence-corrected chi connectivity index (χ3v) is 4.11. The molecule has 0 saturated heterocycles. The number of nitrogens with zero attached hydrogens (tertiary/aromatic N) is 1. The summed E-state index contributed by atoms with van der Waals surface area (Å²) in [6.45, 7) is 5.51. The lowest BCUT2D eigenvalue weighted by molar-refractivity contribution is 0.298. The van der Waals surface area contributed by atoms with E-state index in [1.165, 1.54) is 10.5 Å². The Morgan fingerprint density at radius 3 is 2.16 bits per heavy atom. The molecular weight excluding hydrogens is 250 g/mol. The Bertz CT molecular complexity index is 455. The summed E-state index contributed by atoms with van der Waals surface area (Å²) in [5, 5.41) is 0. The van der Waals surface area contributed by atoms with Crippen LogP contribution in [0.2, 0.25) is 0 Å². The topological polar surface area (TPSA) is 3.24 Å². The molecule has 0 heterocycles. The van der Waals surface area contributed by atoms with Crippen LogP contribution in [0.3, 0.4) is 0 Å². The number of benzene rings is 2. The summed E-state index contributed by atoms with van der Waals surface area (Å²) in [5.74, 6) is 1.14. The maximum atomic E-state index is 2.49. The summed E-state index contributed by atoms with van der Waals surface area (Å²) in [6.07, 6.45) is 0. The lowest BCUT2D eigenvalue weighted by atomic mass is 10.2. The normalized spacial score (nSPS) is 10.8. The highest BCUT2D eigenvalue weighted by Gasteiger charge is 2.03. The zero-order valence-corrected chi connectivity index (χ0v) is 12.3. The predicted molar refractivity (Wildman–Crippen MR) is 84.6 cm³/mol. The van der Waals surface area contributed by atoms with Crippen LogP contribution in [0.15, 0.2) is 65.6 Å². The standard InChI is InChI=1S/C17H21NS/c1-2-18(15-16-9-5-3-6-10-16)13-14-19-17-11-7-4-8-12-17/h3-12H,2,13-15H2,1H3. The lowest BCUT2D eigenvalue weighted by Crippen LogP contribution is -2.25. The van der Waals surface area contributed by atoms with E-state index in [0.29, 0.717) is 0 Å². The molecule has 0 saturated carbocycles. The van der Waals surface area contributed by atoms with Gasteiger partial charge in [-0.15, -0.1) is 11.8 Å². The first-order valence-corrected chi connectivity index (χ1v) is 7.81. The number of rotatable bonds is 7. The zero-order chi connectivity index (χ0) is 13.3. The molecule has 0 bridgehead atoms. The second-order valence-corrected chi connectivity index (χ2v) is 5.68. The van der Waals surface area contributed by atoms with Crippen LogP contribution in [0.5, 0.6) is 0 Å². The Kier molecular flexibility index (Phi) is 5.99. The fraction of sp³-hybridized carbons (Fsp3) is 0.294. The van der Waals surface area contributed by atoms with Gasteiger partial charge in [0.15, 0.2) is 0 Å². The molecule has 2 rings (SSSR count). The van der Waals surface area contributed by atoms with E-state index in [2.05, 4.69) is 72.5 Å². The van der Waals surface area contributed by atoms with Crippen LogP contribution in [0.4, 0.5) is 0 Å². The largest absolute Gasteiger partial charge is 0.299 e. The highest BCUT2D eigenvalue weighted by molar-refractivity contribution is 7.99. The maximum absolute atomic E-state index is 2.49. The van der Waals surface area contributed by atoms with E-state index < -0.39 is 0 Å². The molecule has 2 aromatic carbocycles. The highest BCUT2D eigenvalue weighted by Crippen LogP contribution is 2.17. The summed E-state index contributed by atoms with van der Waals surface area (Å²) in [7, 11) is 0. The average molecular weight is 271 g/mol. The molecule has 0 unspecified atom stereocenters. The van der Waals surface area contributed by atoms with E-state index in [0.717, 1.165) is 25.4 Å². The number of thioether (sulfide) groups is 1. The number of hydrogen-bond donors (Lipinski definition) is 0. The van der Waals surface area contributed by atoms with Crippen LogP contribution in [0.1, 0.15) is 12.5 Å². The van der Waals surface area contributed by atoms with E-state index in [-0.39, 0.29) is 0 Å². The van der Waals surface area contributed by atoms with Crippen molar-refractivity contribution in [1.82, 2.24) is 4.90 Å². The van der Waals surface area contributed by atoms with Crippen molar-refractivity contribution in [3.8, 4) is 0 Å². The monoisotopic (exact) mass is 271 g/mol. The molecule has 2 heteroatoms. The van der Waals surface area contributed by atoms with E-state index >= 15 is 0 Å². The van der Waals surface area contributed by atoms with Gasteiger partial charge >= 0.3 is 0 Å². The van der Waals surface area contributed by atoms with Crippen molar-refractivity contribution in [2.45, 2.75) is 18.4 Å². The second-order valence-electron chi connectivity index (χ2n) is 4.52. The smallest absolute Gasteiger partial charge is 0.0233 e. The van der Waals surface area contributed by atoms with Crippen molar-refractivity contribution in [2.75, 3.05) is 18.8 Å². The van der Waals surface area contributed by atoms with Gasteiger partial charge in [-0.3, -0.25) is 4.90 Å². The first-order valence-electron chi connectivity index (χ1n) is 6.82. The Labute approximate surface area is 120 Å². The molecule has 0 N–H and O–H groups in total. The van der Waals surface area contributed by atoms with Crippen LogP contribution in [-0.2, 0) is 6.54 Å². The first kappa shape index (κ1) is 14.2. The molecule has 0 radical (unpaired) electrons. The minimum atomic E-state index is 1.05. The molecule has 0 aliphatic heterocycles. The van der Waals surface area contributed by atoms with Gasteiger partial charge in [-0.2, -0.15) is 0 Å². The molecule has 0 aliphatic carbocycles. The minimum absolute atomic E-state index is 1.05. The quantitative estimate of drug-likeness (QED) is 0.691. The molecule has 0 amide bonds. The van der Waals surface area contributed by atoms with E-state index in [1.807, 2.05) is 11.8 Å². The van der Waals surface area contributed by atoms with Crippen molar-refractivity contribution in [2.24, 2.45) is 0 Å². The third-order valence-electron chi connectivity index (χ3n) is 3.12. The molecule has 0 fully saturated rings. The van der Waals surface area contributed by atoms with Gasteiger partial charge in [-0.1, -0.05) is 55.5 Å². The van der Waals surface area contributed by atoms with Crippen LogP contribution in [-0.4, -0.2) is 23.7 Å². The van der Waals surface area contributed by atoms with Crippen molar-refractivity contribution >= 4 is 11.8 Å². The fourth-order valence-corrected chi connectivity index (χ4v) is 2.93. The Morgan fingerprint density at radius 2 is 1.53 bits per heavy atom. The fourth-order valence-electron chi connectivity index (χ4n) is 2.00. The molecule has 0 aliphatic rings. The van der Waals surface area contributed by atoms with Gasteiger partial charge in [0.2, 0.25) is 0 Å². The first-order chi connectivity index (χ1) is 9.38. The molecule has 0 aromatic heterocycles. The Balaban J connectivity index is 1.77. The molecule has 19 heavy (non-hydrogen) atoms. The van der Waals surface area contributed by atoms with Gasteiger partial charge < -0.3 is 0 Å². The predicted octanol–water partition coefficient (Wildman–Crippen LogP) is 4.30. The van der Waals surface area contributed by atoms with Gasteiger partial charge in [0.05, 0.1) is 0 Å². The van der Waals surface area contributed by atoms with Crippen LogP contribution in [0, 0.1) is 0 Å². The minimum Gasteiger partial charge on any atom is -0.299 e. The Hall–Kier alpha value is -1.25. The van der Waals surface area contributed by atoms with Gasteiger partial charge in [-0.25, -0.2) is 0 Å². The molecule has 100 valence electrons. The van der Waals surface area contributed by atoms with Crippen LogP contribution < -0.4 is 0 Å². The molecule has 0 atom stereocenters. The van der Waals surface area contributed by atoms with Crippen LogP contribution in [0.25, 0.3) is 0 Å². The van der Waals surface area contributed by atoms with Gasteiger partial charge in [0, 0.05) is 23.7 Å². The molecular formula is C17H21NS. The van der Waals surface area contributed by atoms with Crippen molar-refractivity contribution in [3.63, 3.8) is 0 Å². The second kappa shape index (κ2) is 8.03. The van der Waals surface area contributed by atoms with Crippen molar-refractivity contribution in [1.29, 1.82) is 0 Å². The van der Waals surface area contributed by atoms with Gasteiger partial charge in [0.1, 0.15) is 0 Å². The van der Waals surface area contributed by atoms with E-state index in [9.17, 15) is 0 Å².